The van der Waals surface area contributed by atoms with Gasteiger partial charge in [0.05, 0.1) is 25.3 Å². The summed E-state index contributed by atoms with van der Waals surface area (Å²) in [6, 6.07) is 4.14. The molecule has 1 saturated heterocycles. The van der Waals surface area contributed by atoms with Crippen LogP contribution in [0.4, 0.5) is 0 Å². The van der Waals surface area contributed by atoms with Crippen LogP contribution < -0.4 is 15.2 Å². The average Bonchev–Trinajstić information content (AvgIpc) is 2.78. The number of hydrogen-bond acceptors (Lipinski definition) is 4. The van der Waals surface area contributed by atoms with Crippen molar-refractivity contribution in [2.24, 2.45) is 11.7 Å². The van der Waals surface area contributed by atoms with Crippen LogP contribution in [0.25, 0.3) is 0 Å². The van der Waals surface area contributed by atoms with Crippen molar-refractivity contribution in [2.45, 2.75) is 32.4 Å². The van der Waals surface area contributed by atoms with Gasteiger partial charge in [0.15, 0.2) is 11.5 Å². The van der Waals surface area contributed by atoms with Crippen LogP contribution in [0.1, 0.15) is 31.9 Å². The van der Waals surface area contributed by atoms with Crippen LogP contribution in [-0.2, 0) is 0 Å². The zero-order valence-corrected chi connectivity index (χ0v) is 14.0. The maximum atomic E-state index is 6.55. The molecule has 0 aromatic heterocycles. The van der Waals surface area contributed by atoms with Crippen LogP contribution in [0.2, 0.25) is 5.02 Å². The van der Waals surface area contributed by atoms with E-state index in [2.05, 4.69) is 18.7 Å². The average molecular weight is 313 g/mol. The van der Waals surface area contributed by atoms with Gasteiger partial charge in [-0.1, -0.05) is 31.5 Å². The lowest BCUT2D eigenvalue weighted by Gasteiger charge is -2.29. The minimum absolute atomic E-state index is 0.0966. The van der Waals surface area contributed by atoms with Crippen LogP contribution in [0.3, 0.4) is 0 Å². The number of hydrogen-bond donors (Lipinski definition) is 1. The van der Waals surface area contributed by atoms with E-state index < -0.39 is 0 Å². The van der Waals surface area contributed by atoms with Crippen molar-refractivity contribution in [2.75, 3.05) is 27.3 Å². The Balaban J connectivity index is 2.39. The largest absolute Gasteiger partial charge is 0.493 e. The molecule has 1 heterocycles. The highest BCUT2D eigenvalue weighted by Crippen LogP contribution is 2.43. The minimum Gasteiger partial charge on any atom is -0.493 e. The highest BCUT2D eigenvalue weighted by atomic mass is 35.5. The van der Waals surface area contributed by atoms with Crippen molar-refractivity contribution < 1.29 is 9.47 Å². The molecular formula is C16H25ClN2O2. The third-order valence-electron chi connectivity index (χ3n) is 3.98. The number of rotatable bonds is 5. The summed E-state index contributed by atoms with van der Waals surface area (Å²) >= 11 is 6.55. The van der Waals surface area contributed by atoms with Gasteiger partial charge in [0, 0.05) is 19.1 Å². The first-order valence-corrected chi connectivity index (χ1v) is 7.77. The van der Waals surface area contributed by atoms with E-state index in [1.165, 1.54) is 0 Å². The molecule has 5 heteroatoms. The number of ether oxygens (including phenoxy) is 2. The van der Waals surface area contributed by atoms with E-state index in [0.717, 1.165) is 25.1 Å². The first-order valence-electron chi connectivity index (χ1n) is 7.39. The lowest BCUT2D eigenvalue weighted by Crippen LogP contribution is -2.34. The second-order valence-corrected chi connectivity index (χ2v) is 6.37. The van der Waals surface area contributed by atoms with Gasteiger partial charge in [0.2, 0.25) is 0 Å². The summed E-state index contributed by atoms with van der Waals surface area (Å²) in [4.78, 5) is 2.42. The van der Waals surface area contributed by atoms with E-state index in [0.29, 0.717) is 22.4 Å². The fourth-order valence-corrected chi connectivity index (χ4v) is 3.46. The van der Waals surface area contributed by atoms with Crippen LogP contribution in [-0.4, -0.2) is 38.3 Å². The summed E-state index contributed by atoms with van der Waals surface area (Å²) in [6.07, 6.45) is 0.988. The number of nitrogens with zero attached hydrogens (tertiary/aromatic N) is 1. The van der Waals surface area contributed by atoms with Crippen LogP contribution >= 0.6 is 11.6 Å². The molecule has 0 radical (unpaired) electrons. The molecule has 2 atom stereocenters. The molecule has 1 aliphatic heterocycles. The number of benzene rings is 1. The quantitative estimate of drug-likeness (QED) is 0.907. The topological polar surface area (TPSA) is 47.7 Å². The van der Waals surface area contributed by atoms with Crippen LogP contribution in [0, 0.1) is 5.92 Å². The van der Waals surface area contributed by atoms with Gasteiger partial charge in [-0.2, -0.15) is 0 Å². The standard InChI is InChI=1S/C16H25ClN2O2/c1-10(2)9-19-8-7-12(18)15(19)11-5-6-13(20-3)16(21-4)14(11)17/h5-6,10,12,15H,7-9,18H2,1-4H3. The lowest BCUT2D eigenvalue weighted by atomic mass is 9.99. The Morgan fingerprint density at radius 2 is 2.05 bits per heavy atom. The monoisotopic (exact) mass is 312 g/mol. The van der Waals surface area contributed by atoms with Crippen molar-refractivity contribution in [3.8, 4) is 11.5 Å². The van der Waals surface area contributed by atoms with Crippen LogP contribution in [0.15, 0.2) is 12.1 Å². The molecule has 1 aromatic rings. The Morgan fingerprint density at radius 3 is 2.62 bits per heavy atom. The minimum atomic E-state index is 0.0966. The predicted octanol–water partition coefficient (Wildman–Crippen LogP) is 3.09. The van der Waals surface area contributed by atoms with Gasteiger partial charge < -0.3 is 15.2 Å². The fourth-order valence-electron chi connectivity index (χ4n) is 3.12. The zero-order valence-electron chi connectivity index (χ0n) is 13.2. The SMILES string of the molecule is COc1ccc(C2C(N)CCN2CC(C)C)c(Cl)c1OC. The number of likely N-dealkylation sites (tertiary alicyclic amines) is 1. The Morgan fingerprint density at radius 1 is 1.33 bits per heavy atom. The van der Waals surface area contributed by atoms with Crippen molar-refractivity contribution >= 4 is 11.6 Å². The molecule has 2 unspecified atom stereocenters. The summed E-state index contributed by atoms with van der Waals surface area (Å²) in [5, 5.41) is 0.605. The first kappa shape index (κ1) is 16.4. The zero-order chi connectivity index (χ0) is 15.6. The number of nitrogens with two attached hydrogens (primary N) is 1. The molecule has 0 spiro atoms. The van der Waals surface area contributed by atoms with Crippen molar-refractivity contribution in [1.82, 2.24) is 4.90 Å². The number of halogens is 1. The van der Waals surface area contributed by atoms with E-state index in [9.17, 15) is 0 Å². The summed E-state index contributed by atoms with van der Waals surface area (Å²) in [5.74, 6) is 1.82. The van der Waals surface area contributed by atoms with Gasteiger partial charge in [-0.15, -0.1) is 0 Å². The second kappa shape index (κ2) is 6.86. The Bertz CT molecular complexity index is 493. The molecule has 0 aliphatic carbocycles. The molecule has 118 valence electrons. The number of methoxy groups -OCH3 is 2. The van der Waals surface area contributed by atoms with Crippen molar-refractivity contribution in [3.05, 3.63) is 22.7 Å². The van der Waals surface area contributed by atoms with Gasteiger partial charge in [-0.05, 0) is 24.0 Å². The van der Waals surface area contributed by atoms with Gasteiger partial charge in [-0.25, -0.2) is 0 Å². The molecule has 0 bridgehead atoms. The summed E-state index contributed by atoms with van der Waals surface area (Å²) < 4.78 is 10.7. The molecule has 21 heavy (non-hydrogen) atoms. The maximum absolute atomic E-state index is 6.55. The molecule has 1 fully saturated rings. The van der Waals surface area contributed by atoms with E-state index in [1.807, 2.05) is 12.1 Å². The molecule has 0 saturated carbocycles. The molecule has 2 rings (SSSR count). The van der Waals surface area contributed by atoms with Gasteiger partial charge >= 0.3 is 0 Å². The first-order chi connectivity index (χ1) is 9.99. The molecule has 0 amide bonds. The molecule has 1 aromatic carbocycles. The van der Waals surface area contributed by atoms with Gasteiger partial charge in [0.25, 0.3) is 0 Å². The van der Waals surface area contributed by atoms with Crippen molar-refractivity contribution in [1.29, 1.82) is 0 Å². The summed E-state index contributed by atoms with van der Waals surface area (Å²) in [5.41, 5.74) is 7.36. The fraction of sp³-hybridized carbons (Fsp3) is 0.625. The molecule has 4 nitrogen and oxygen atoms in total. The Kier molecular flexibility index (Phi) is 5.36. The molecule has 2 N–H and O–H groups in total. The third kappa shape index (κ3) is 3.28. The highest BCUT2D eigenvalue weighted by Gasteiger charge is 2.35. The van der Waals surface area contributed by atoms with E-state index in [1.54, 1.807) is 14.2 Å². The van der Waals surface area contributed by atoms with E-state index >= 15 is 0 Å². The smallest absolute Gasteiger partial charge is 0.179 e. The lowest BCUT2D eigenvalue weighted by molar-refractivity contribution is 0.220. The molecule has 1 aliphatic rings. The van der Waals surface area contributed by atoms with Gasteiger partial charge in [-0.3, -0.25) is 4.90 Å². The van der Waals surface area contributed by atoms with Gasteiger partial charge in [0.1, 0.15) is 0 Å². The normalized spacial score (nSPS) is 22.8. The predicted molar refractivity (Wildman–Crippen MR) is 86.3 cm³/mol. The van der Waals surface area contributed by atoms with E-state index in [4.69, 9.17) is 26.8 Å². The van der Waals surface area contributed by atoms with Crippen molar-refractivity contribution in [3.63, 3.8) is 0 Å². The maximum Gasteiger partial charge on any atom is 0.179 e. The highest BCUT2D eigenvalue weighted by molar-refractivity contribution is 6.33. The molecular weight excluding hydrogens is 288 g/mol. The third-order valence-corrected chi connectivity index (χ3v) is 4.37. The second-order valence-electron chi connectivity index (χ2n) is 5.99. The Labute approximate surface area is 132 Å². The van der Waals surface area contributed by atoms with E-state index in [-0.39, 0.29) is 12.1 Å². The van der Waals surface area contributed by atoms with Crippen LogP contribution in [0.5, 0.6) is 11.5 Å². The Hall–Kier alpha value is -0.970. The summed E-state index contributed by atoms with van der Waals surface area (Å²) in [7, 11) is 3.22. The summed E-state index contributed by atoms with van der Waals surface area (Å²) in [6.45, 7) is 6.46.